The number of nitrogens with one attached hydrogen (secondary N) is 2. The number of amides is 2. The molecule has 1 aromatic heterocycles. The van der Waals surface area contributed by atoms with Crippen LogP contribution in [0.2, 0.25) is 0 Å². The number of likely N-dealkylation sites (tertiary alicyclic amines) is 1. The minimum absolute atomic E-state index is 0.0532. The maximum Gasteiger partial charge on any atom is 0.241 e. The molecule has 0 aliphatic carbocycles. The van der Waals surface area contributed by atoms with Gasteiger partial charge >= 0.3 is 0 Å². The number of ether oxygens (including phenoxy) is 1. The molecule has 1 atom stereocenters. The number of benzene rings is 1. The van der Waals surface area contributed by atoms with E-state index in [1.807, 2.05) is 34.5 Å². The lowest BCUT2D eigenvalue weighted by molar-refractivity contribution is -0.124. The summed E-state index contributed by atoms with van der Waals surface area (Å²) in [4.78, 5) is 27.9. The van der Waals surface area contributed by atoms with Crippen molar-refractivity contribution in [3.8, 4) is 5.75 Å². The topological polar surface area (TPSA) is 70.7 Å². The van der Waals surface area contributed by atoms with Gasteiger partial charge in [-0.2, -0.15) is 0 Å². The van der Waals surface area contributed by atoms with Crippen LogP contribution in [0.5, 0.6) is 5.75 Å². The molecule has 0 radical (unpaired) electrons. The van der Waals surface area contributed by atoms with E-state index in [9.17, 15) is 9.59 Å². The van der Waals surface area contributed by atoms with Gasteiger partial charge in [-0.1, -0.05) is 6.07 Å². The minimum Gasteiger partial charge on any atom is -0.497 e. The van der Waals surface area contributed by atoms with E-state index in [-0.39, 0.29) is 24.4 Å². The van der Waals surface area contributed by atoms with Gasteiger partial charge in [-0.15, -0.1) is 11.3 Å². The summed E-state index contributed by atoms with van der Waals surface area (Å²) in [6, 6.07) is 10.9. The van der Waals surface area contributed by atoms with Gasteiger partial charge in [0, 0.05) is 10.6 Å². The van der Waals surface area contributed by atoms with Crippen LogP contribution in [0.1, 0.15) is 17.7 Å². The maximum absolute atomic E-state index is 12.6. The van der Waals surface area contributed by atoms with Gasteiger partial charge in [-0.25, -0.2) is 0 Å². The molecule has 0 unspecified atom stereocenters. The summed E-state index contributed by atoms with van der Waals surface area (Å²) < 4.78 is 5.12. The third-order valence-electron chi connectivity index (χ3n) is 4.41. The van der Waals surface area contributed by atoms with Gasteiger partial charge in [0.25, 0.3) is 0 Å². The average Bonchev–Trinajstić information content (AvgIpc) is 3.32. The molecule has 1 aliphatic heterocycles. The highest BCUT2D eigenvalue weighted by Gasteiger charge is 2.31. The van der Waals surface area contributed by atoms with Crippen LogP contribution in [0.4, 0.5) is 5.69 Å². The Morgan fingerprint density at radius 2 is 2.08 bits per heavy atom. The Hall–Kier alpha value is -2.38. The van der Waals surface area contributed by atoms with Crippen molar-refractivity contribution in [1.29, 1.82) is 0 Å². The van der Waals surface area contributed by atoms with E-state index >= 15 is 0 Å². The monoisotopic (exact) mass is 373 g/mol. The zero-order valence-corrected chi connectivity index (χ0v) is 15.6. The largest absolute Gasteiger partial charge is 0.497 e. The van der Waals surface area contributed by atoms with Crippen LogP contribution in [0.3, 0.4) is 0 Å². The zero-order chi connectivity index (χ0) is 18.4. The van der Waals surface area contributed by atoms with Gasteiger partial charge < -0.3 is 15.4 Å². The van der Waals surface area contributed by atoms with Crippen molar-refractivity contribution in [3.05, 3.63) is 46.7 Å². The molecule has 138 valence electrons. The van der Waals surface area contributed by atoms with Crippen LogP contribution in [0.15, 0.2) is 41.8 Å². The van der Waals surface area contributed by atoms with E-state index < -0.39 is 0 Å². The highest BCUT2D eigenvalue weighted by Crippen LogP contribution is 2.20. The quantitative estimate of drug-likeness (QED) is 0.782. The van der Waals surface area contributed by atoms with E-state index in [0.717, 1.165) is 35.7 Å². The lowest BCUT2D eigenvalue weighted by Crippen LogP contribution is -2.44. The first-order valence-corrected chi connectivity index (χ1v) is 9.52. The molecular formula is C19H23N3O3S. The van der Waals surface area contributed by atoms with Gasteiger partial charge in [0.05, 0.1) is 26.2 Å². The van der Waals surface area contributed by atoms with Crippen LogP contribution in [-0.2, 0) is 16.1 Å². The van der Waals surface area contributed by atoms with Crippen LogP contribution in [-0.4, -0.2) is 43.0 Å². The van der Waals surface area contributed by atoms with Crippen molar-refractivity contribution in [2.75, 3.05) is 25.5 Å². The number of rotatable bonds is 7. The Morgan fingerprint density at radius 3 is 2.77 bits per heavy atom. The number of anilines is 1. The van der Waals surface area contributed by atoms with Gasteiger partial charge in [0.2, 0.25) is 11.8 Å². The van der Waals surface area contributed by atoms with E-state index in [1.165, 1.54) is 0 Å². The molecule has 2 aromatic rings. The SMILES string of the molecule is COc1ccc(NC(=O)[C@H]2CCCN2CC(=O)NCc2cccs2)cc1. The Kier molecular flexibility index (Phi) is 6.25. The molecular weight excluding hydrogens is 350 g/mol. The molecule has 7 heteroatoms. The maximum atomic E-state index is 12.6. The molecule has 2 amide bonds. The second-order valence-electron chi connectivity index (χ2n) is 6.20. The van der Waals surface area contributed by atoms with Gasteiger partial charge in [0.15, 0.2) is 0 Å². The predicted molar refractivity (Wildman–Crippen MR) is 102 cm³/mol. The van der Waals surface area contributed by atoms with Crippen molar-refractivity contribution >= 4 is 28.8 Å². The van der Waals surface area contributed by atoms with Crippen LogP contribution in [0, 0.1) is 0 Å². The molecule has 0 saturated carbocycles. The van der Waals surface area contributed by atoms with Crippen LogP contribution in [0.25, 0.3) is 0 Å². The summed E-state index contributed by atoms with van der Waals surface area (Å²) in [6.07, 6.45) is 1.68. The van der Waals surface area contributed by atoms with Crippen molar-refractivity contribution in [3.63, 3.8) is 0 Å². The van der Waals surface area contributed by atoms with Crippen LogP contribution >= 0.6 is 11.3 Å². The highest BCUT2D eigenvalue weighted by molar-refractivity contribution is 7.09. The first-order valence-electron chi connectivity index (χ1n) is 8.64. The van der Waals surface area contributed by atoms with E-state index in [1.54, 1.807) is 30.6 Å². The fourth-order valence-electron chi connectivity index (χ4n) is 3.05. The fourth-order valence-corrected chi connectivity index (χ4v) is 3.70. The highest BCUT2D eigenvalue weighted by atomic mass is 32.1. The lowest BCUT2D eigenvalue weighted by atomic mass is 10.2. The van der Waals surface area contributed by atoms with Gasteiger partial charge in [0.1, 0.15) is 5.75 Å². The van der Waals surface area contributed by atoms with Crippen molar-refractivity contribution in [2.24, 2.45) is 0 Å². The average molecular weight is 373 g/mol. The second kappa shape index (κ2) is 8.82. The summed E-state index contributed by atoms with van der Waals surface area (Å²) in [5.41, 5.74) is 0.727. The summed E-state index contributed by atoms with van der Waals surface area (Å²) in [5.74, 6) is 0.620. The first kappa shape index (κ1) is 18.4. The number of nitrogens with zero attached hydrogens (tertiary/aromatic N) is 1. The number of methoxy groups -OCH3 is 1. The zero-order valence-electron chi connectivity index (χ0n) is 14.7. The molecule has 3 rings (SSSR count). The summed E-state index contributed by atoms with van der Waals surface area (Å²) in [6.45, 7) is 1.53. The third-order valence-corrected chi connectivity index (χ3v) is 5.29. The summed E-state index contributed by atoms with van der Waals surface area (Å²) in [7, 11) is 1.60. The standard InChI is InChI=1S/C19H23N3O3S/c1-25-15-8-6-14(7-9-15)21-19(24)17-5-2-10-22(17)13-18(23)20-12-16-4-3-11-26-16/h3-4,6-9,11,17H,2,5,10,12-13H2,1H3,(H,20,23)(H,21,24)/t17-/m1/s1. The summed E-state index contributed by atoms with van der Waals surface area (Å²) in [5, 5.41) is 7.83. The van der Waals surface area contributed by atoms with Crippen molar-refractivity contribution in [1.82, 2.24) is 10.2 Å². The van der Waals surface area contributed by atoms with Crippen LogP contribution < -0.4 is 15.4 Å². The molecule has 0 bridgehead atoms. The fraction of sp³-hybridized carbons (Fsp3) is 0.368. The van der Waals surface area contributed by atoms with Crippen molar-refractivity contribution < 1.29 is 14.3 Å². The Balaban J connectivity index is 1.51. The molecule has 2 N–H and O–H groups in total. The van der Waals surface area contributed by atoms with Crippen molar-refractivity contribution in [2.45, 2.75) is 25.4 Å². The smallest absolute Gasteiger partial charge is 0.241 e. The number of carbonyl (C=O) groups is 2. The molecule has 1 fully saturated rings. The number of hydrogen-bond acceptors (Lipinski definition) is 5. The minimum atomic E-state index is -0.274. The van der Waals surface area contributed by atoms with E-state index in [4.69, 9.17) is 4.74 Å². The third kappa shape index (κ3) is 4.83. The molecule has 1 aromatic carbocycles. The Bertz CT molecular complexity index is 731. The van der Waals surface area contributed by atoms with E-state index in [0.29, 0.717) is 6.54 Å². The number of hydrogen-bond donors (Lipinski definition) is 2. The molecule has 0 spiro atoms. The number of carbonyl (C=O) groups excluding carboxylic acids is 2. The second-order valence-corrected chi connectivity index (χ2v) is 7.23. The van der Waals surface area contributed by atoms with E-state index in [2.05, 4.69) is 10.6 Å². The predicted octanol–water partition coefficient (Wildman–Crippen LogP) is 2.48. The van der Waals surface area contributed by atoms with Gasteiger partial charge in [-0.05, 0) is 55.1 Å². The molecule has 6 nitrogen and oxygen atoms in total. The Labute approximate surface area is 157 Å². The lowest BCUT2D eigenvalue weighted by Gasteiger charge is -2.23. The normalized spacial score (nSPS) is 17.0. The molecule has 2 heterocycles. The molecule has 1 saturated heterocycles. The first-order chi connectivity index (χ1) is 12.7. The Morgan fingerprint density at radius 1 is 1.27 bits per heavy atom. The molecule has 26 heavy (non-hydrogen) atoms. The molecule has 1 aliphatic rings. The van der Waals surface area contributed by atoms with Gasteiger partial charge in [-0.3, -0.25) is 14.5 Å². The number of thiophene rings is 1. The summed E-state index contributed by atoms with van der Waals surface area (Å²) >= 11 is 1.62.